The highest BCUT2D eigenvalue weighted by Gasteiger charge is 2.21. The van der Waals surface area contributed by atoms with Gasteiger partial charge in [0.25, 0.3) is 5.91 Å². The fourth-order valence-corrected chi connectivity index (χ4v) is 3.72. The van der Waals surface area contributed by atoms with Crippen LogP contribution in [-0.4, -0.2) is 12.5 Å². The van der Waals surface area contributed by atoms with Crippen molar-refractivity contribution in [3.8, 4) is 17.1 Å². The van der Waals surface area contributed by atoms with Gasteiger partial charge in [0.2, 0.25) is 11.2 Å². The van der Waals surface area contributed by atoms with Gasteiger partial charge < -0.3 is 14.5 Å². The minimum Gasteiger partial charge on any atom is -0.476 e. The molecule has 156 valence electrons. The summed E-state index contributed by atoms with van der Waals surface area (Å²) in [5.74, 6) is -0.449. The van der Waals surface area contributed by atoms with Crippen LogP contribution in [0, 0.1) is 0 Å². The van der Waals surface area contributed by atoms with Gasteiger partial charge in [-0.15, -0.1) is 0 Å². The molecule has 4 rings (SSSR count). The summed E-state index contributed by atoms with van der Waals surface area (Å²) in [5.41, 5.74) is 0.719. The summed E-state index contributed by atoms with van der Waals surface area (Å²) < 4.78 is 11.6. The zero-order valence-corrected chi connectivity index (χ0v) is 18.1. The van der Waals surface area contributed by atoms with E-state index in [-0.39, 0.29) is 32.5 Å². The zero-order valence-electron chi connectivity index (χ0n) is 15.8. The molecule has 0 spiro atoms. The van der Waals surface area contributed by atoms with Crippen molar-refractivity contribution >= 4 is 57.4 Å². The summed E-state index contributed by atoms with van der Waals surface area (Å²) in [4.78, 5) is 25.6. The maximum Gasteiger partial charge on any atom is 0.262 e. The number of halogens is 3. The maximum absolute atomic E-state index is 13.2. The molecule has 0 aliphatic heterocycles. The van der Waals surface area contributed by atoms with Crippen LogP contribution in [0.4, 0.5) is 5.69 Å². The molecule has 0 saturated heterocycles. The van der Waals surface area contributed by atoms with Crippen molar-refractivity contribution in [2.24, 2.45) is 0 Å². The molecule has 0 radical (unpaired) electrons. The van der Waals surface area contributed by atoms with Crippen molar-refractivity contribution in [1.29, 1.82) is 0 Å². The third-order valence-electron chi connectivity index (χ3n) is 4.40. The van der Waals surface area contributed by atoms with Gasteiger partial charge in [0.05, 0.1) is 21.1 Å². The van der Waals surface area contributed by atoms with Crippen LogP contribution < -0.4 is 15.5 Å². The van der Waals surface area contributed by atoms with Gasteiger partial charge >= 0.3 is 0 Å². The Kier molecular flexibility index (Phi) is 6.18. The number of nitrogens with one attached hydrogen (secondary N) is 1. The molecule has 0 saturated carbocycles. The van der Waals surface area contributed by atoms with Crippen LogP contribution in [0.3, 0.4) is 0 Å². The summed E-state index contributed by atoms with van der Waals surface area (Å²) in [5, 5.41) is 3.65. The van der Waals surface area contributed by atoms with E-state index in [0.717, 1.165) is 0 Å². The normalized spacial score (nSPS) is 10.8. The first-order valence-corrected chi connectivity index (χ1v) is 10.3. The second-order valence-corrected chi connectivity index (χ2v) is 7.79. The van der Waals surface area contributed by atoms with E-state index in [1.165, 1.54) is 12.1 Å². The molecular formula is C23H14Cl3NO4. The maximum atomic E-state index is 13.2. The predicted octanol–water partition coefficient (Wildman–Crippen LogP) is 6.44. The predicted molar refractivity (Wildman–Crippen MR) is 124 cm³/mol. The number of benzene rings is 3. The van der Waals surface area contributed by atoms with Gasteiger partial charge in [-0.3, -0.25) is 9.59 Å². The van der Waals surface area contributed by atoms with Crippen LogP contribution >= 0.6 is 34.8 Å². The van der Waals surface area contributed by atoms with Crippen LogP contribution in [0.1, 0.15) is 0 Å². The van der Waals surface area contributed by atoms with Crippen molar-refractivity contribution in [3.63, 3.8) is 0 Å². The topological polar surface area (TPSA) is 68.5 Å². The Morgan fingerprint density at radius 2 is 1.65 bits per heavy atom. The van der Waals surface area contributed by atoms with Crippen LogP contribution in [-0.2, 0) is 4.79 Å². The van der Waals surface area contributed by atoms with Crippen molar-refractivity contribution in [2.75, 3.05) is 11.9 Å². The highest BCUT2D eigenvalue weighted by atomic mass is 35.5. The first-order valence-electron chi connectivity index (χ1n) is 9.12. The monoisotopic (exact) mass is 473 g/mol. The Morgan fingerprint density at radius 1 is 0.935 bits per heavy atom. The molecule has 5 nitrogen and oxygen atoms in total. The summed E-state index contributed by atoms with van der Waals surface area (Å²) in [6.07, 6.45) is 0. The Balaban J connectivity index is 1.73. The number of amides is 1. The summed E-state index contributed by atoms with van der Waals surface area (Å²) >= 11 is 18.4. The lowest BCUT2D eigenvalue weighted by atomic mass is 10.1. The zero-order chi connectivity index (χ0) is 22.0. The van der Waals surface area contributed by atoms with Crippen molar-refractivity contribution < 1.29 is 13.9 Å². The third-order valence-corrected chi connectivity index (χ3v) is 5.23. The Labute approximate surface area is 192 Å². The molecule has 0 aliphatic rings. The molecule has 4 aromatic rings. The lowest BCUT2D eigenvalue weighted by Crippen LogP contribution is -2.22. The fourth-order valence-electron chi connectivity index (χ4n) is 3.00. The second-order valence-electron chi connectivity index (χ2n) is 6.54. The number of carbonyl (C=O) groups excluding carboxylic acids is 1. The van der Waals surface area contributed by atoms with E-state index < -0.39 is 17.9 Å². The Morgan fingerprint density at radius 3 is 2.39 bits per heavy atom. The molecule has 0 fully saturated rings. The quantitative estimate of drug-likeness (QED) is 0.361. The number of ether oxygens (including phenoxy) is 1. The van der Waals surface area contributed by atoms with E-state index in [4.69, 9.17) is 44.0 Å². The molecule has 0 unspecified atom stereocenters. The third kappa shape index (κ3) is 4.54. The van der Waals surface area contributed by atoms with E-state index in [9.17, 15) is 9.59 Å². The van der Waals surface area contributed by atoms with Crippen molar-refractivity contribution in [3.05, 3.63) is 92.0 Å². The summed E-state index contributed by atoms with van der Waals surface area (Å²) in [6.45, 7) is -0.435. The van der Waals surface area contributed by atoms with Crippen molar-refractivity contribution in [1.82, 2.24) is 0 Å². The van der Waals surface area contributed by atoms with Crippen LogP contribution in [0.5, 0.6) is 5.75 Å². The molecule has 8 heteroatoms. The van der Waals surface area contributed by atoms with E-state index in [2.05, 4.69) is 5.32 Å². The number of para-hydroxylation sites is 1. The molecule has 1 amide bonds. The largest absolute Gasteiger partial charge is 0.476 e. The minimum atomic E-state index is -0.491. The molecule has 1 N–H and O–H groups in total. The van der Waals surface area contributed by atoms with E-state index in [1.54, 1.807) is 48.5 Å². The lowest BCUT2D eigenvalue weighted by Gasteiger charge is -2.13. The van der Waals surface area contributed by atoms with Gasteiger partial charge in [0, 0.05) is 10.6 Å². The first-order chi connectivity index (χ1) is 14.9. The van der Waals surface area contributed by atoms with Crippen LogP contribution in [0.15, 0.2) is 75.9 Å². The van der Waals surface area contributed by atoms with Crippen molar-refractivity contribution in [2.45, 2.75) is 0 Å². The van der Waals surface area contributed by atoms with Crippen LogP contribution in [0.2, 0.25) is 15.1 Å². The molecule has 3 aromatic carbocycles. The summed E-state index contributed by atoms with van der Waals surface area (Å²) in [6, 6.07) is 18.6. The number of fused-ring (bicyclic) bond motifs is 1. The van der Waals surface area contributed by atoms with Gasteiger partial charge in [-0.05, 0) is 24.3 Å². The molecular weight excluding hydrogens is 461 g/mol. The highest BCUT2D eigenvalue weighted by Crippen LogP contribution is 2.35. The average molecular weight is 475 g/mol. The van der Waals surface area contributed by atoms with E-state index in [1.807, 2.05) is 6.07 Å². The number of anilines is 1. The Hall–Kier alpha value is -2.99. The number of hydrogen-bond acceptors (Lipinski definition) is 4. The Bertz CT molecular complexity index is 1340. The highest BCUT2D eigenvalue weighted by molar-refractivity contribution is 6.38. The van der Waals surface area contributed by atoms with E-state index in [0.29, 0.717) is 16.3 Å². The smallest absolute Gasteiger partial charge is 0.262 e. The molecule has 0 aliphatic carbocycles. The van der Waals surface area contributed by atoms with E-state index >= 15 is 0 Å². The average Bonchev–Trinajstić information content (AvgIpc) is 2.75. The van der Waals surface area contributed by atoms with Gasteiger partial charge in [-0.1, -0.05) is 77.3 Å². The number of rotatable bonds is 5. The lowest BCUT2D eigenvalue weighted by molar-refractivity contribution is -0.118. The molecule has 1 aromatic heterocycles. The molecule has 0 bridgehead atoms. The SMILES string of the molecule is O=C(COc1c(-c2ccccc2)oc2c(Cl)cc(Cl)cc2c1=O)Nc1ccccc1Cl. The second kappa shape index (κ2) is 9.02. The standard InChI is InChI=1S/C23H14Cl3NO4/c24-14-10-15-20(29)23(30-12-19(28)27-18-9-5-4-8-16(18)25)21(13-6-2-1-3-7-13)31-22(15)17(26)11-14/h1-11H,12H2,(H,27,28). The van der Waals surface area contributed by atoms with Gasteiger partial charge in [0.15, 0.2) is 18.0 Å². The number of carbonyl (C=O) groups is 1. The molecule has 31 heavy (non-hydrogen) atoms. The van der Waals surface area contributed by atoms with Crippen LogP contribution in [0.25, 0.3) is 22.3 Å². The fraction of sp³-hybridized carbons (Fsp3) is 0.0435. The van der Waals surface area contributed by atoms with Gasteiger partial charge in [-0.25, -0.2) is 0 Å². The molecule has 1 heterocycles. The van der Waals surface area contributed by atoms with Gasteiger partial charge in [0.1, 0.15) is 0 Å². The molecule has 0 atom stereocenters. The summed E-state index contributed by atoms with van der Waals surface area (Å²) in [7, 11) is 0. The van der Waals surface area contributed by atoms with Gasteiger partial charge in [-0.2, -0.15) is 0 Å². The first kappa shape index (κ1) is 21.2. The number of hydrogen-bond donors (Lipinski definition) is 1. The minimum absolute atomic E-state index is 0.119.